The lowest BCUT2D eigenvalue weighted by atomic mass is 9.81. The van der Waals surface area contributed by atoms with Gasteiger partial charge in [-0.2, -0.15) is 0 Å². The molecule has 0 spiro atoms. The van der Waals surface area contributed by atoms with Crippen molar-refractivity contribution in [2.75, 3.05) is 18.4 Å². The highest BCUT2D eigenvalue weighted by Gasteiger charge is 2.33. The molecule has 0 atom stereocenters. The summed E-state index contributed by atoms with van der Waals surface area (Å²) in [6.07, 6.45) is 1.30. The van der Waals surface area contributed by atoms with Gasteiger partial charge in [0.2, 0.25) is 11.8 Å². The van der Waals surface area contributed by atoms with Gasteiger partial charge in [-0.15, -0.1) is 0 Å². The molecule has 0 unspecified atom stereocenters. The zero-order valence-corrected chi connectivity index (χ0v) is 14.9. The van der Waals surface area contributed by atoms with Gasteiger partial charge in [0.25, 0.3) is 0 Å². The van der Waals surface area contributed by atoms with E-state index in [0.717, 1.165) is 15.7 Å². The molecule has 0 aliphatic rings. The predicted octanol–water partition coefficient (Wildman–Crippen LogP) is 2.58. The lowest BCUT2D eigenvalue weighted by molar-refractivity contribution is -0.132. The van der Waals surface area contributed by atoms with Crippen molar-refractivity contribution in [3.8, 4) is 0 Å². The normalized spacial score (nSPS) is 11.1. The Morgan fingerprint density at radius 1 is 1.27 bits per heavy atom. The number of anilines is 1. The minimum Gasteiger partial charge on any atom is -0.347 e. The van der Waals surface area contributed by atoms with Crippen molar-refractivity contribution < 1.29 is 9.59 Å². The number of amides is 2. The van der Waals surface area contributed by atoms with Crippen molar-refractivity contribution in [1.29, 1.82) is 0 Å². The summed E-state index contributed by atoms with van der Waals surface area (Å²) in [5, 5.41) is 5.48. The highest BCUT2D eigenvalue weighted by molar-refractivity contribution is 9.10. The summed E-state index contributed by atoms with van der Waals surface area (Å²) in [7, 11) is 0. The monoisotopic (exact) mass is 369 g/mol. The Morgan fingerprint density at radius 3 is 2.45 bits per heavy atom. The maximum Gasteiger partial charge on any atom is 0.243 e. The first-order valence-electron chi connectivity index (χ1n) is 7.43. The first-order valence-corrected chi connectivity index (χ1v) is 8.22. The molecule has 0 fully saturated rings. The Balaban J connectivity index is 2.63. The van der Waals surface area contributed by atoms with E-state index in [1.165, 1.54) is 0 Å². The van der Waals surface area contributed by atoms with Gasteiger partial charge in [-0.05, 0) is 37.5 Å². The van der Waals surface area contributed by atoms with Crippen LogP contribution in [0.2, 0.25) is 0 Å². The third kappa shape index (κ3) is 4.55. The quantitative estimate of drug-likeness (QED) is 0.690. The SMILES string of the molecule is CCC(CC)(CN)C(=O)NCC(=O)Nc1cc(Br)ccc1C. The van der Waals surface area contributed by atoms with Crippen LogP contribution in [0.5, 0.6) is 0 Å². The number of nitrogens with two attached hydrogens (primary N) is 1. The molecular weight excluding hydrogens is 346 g/mol. The lowest BCUT2D eigenvalue weighted by Gasteiger charge is -2.28. The third-order valence-electron chi connectivity index (χ3n) is 4.11. The van der Waals surface area contributed by atoms with Gasteiger partial charge in [0.1, 0.15) is 0 Å². The predicted molar refractivity (Wildman–Crippen MR) is 92.6 cm³/mol. The standard InChI is InChI=1S/C16H24BrN3O2/c1-4-16(5-2,10-18)15(22)19-9-14(21)20-13-8-12(17)7-6-11(13)3/h6-8H,4-5,9-10,18H2,1-3H3,(H,19,22)(H,20,21). The second-order valence-corrected chi connectivity index (χ2v) is 6.30. The number of rotatable bonds is 7. The van der Waals surface area contributed by atoms with E-state index in [4.69, 9.17) is 5.73 Å². The molecule has 6 heteroatoms. The summed E-state index contributed by atoms with van der Waals surface area (Å²) in [5.74, 6) is -0.422. The van der Waals surface area contributed by atoms with Crippen molar-refractivity contribution in [3.05, 3.63) is 28.2 Å². The van der Waals surface area contributed by atoms with Crippen molar-refractivity contribution in [2.45, 2.75) is 33.6 Å². The summed E-state index contributed by atoms with van der Waals surface area (Å²) in [6, 6.07) is 5.65. The molecular formula is C16H24BrN3O2. The Labute approximate surface area is 140 Å². The largest absolute Gasteiger partial charge is 0.347 e. The Bertz CT molecular complexity index is 534. The van der Waals surface area contributed by atoms with Crippen LogP contribution in [0.1, 0.15) is 32.3 Å². The minimum atomic E-state index is -0.591. The molecule has 1 rings (SSSR count). The first kappa shape index (κ1) is 18.6. The summed E-state index contributed by atoms with van der Waals surface area (Å²) in [5.41, 5.74) is 6.82. The minimum absolute atomic E-state index is 0.0630. The van der Waals surface area contributed by atoms with E-state index in [0.29, 0.717) is 12.8 Å². The van der Waals surface area contributed by atoms with Gasteiger partial charge in [-0.1, -0.05) is 35.8 Å². The van der Waals surface area contributed by atoms with Gasteiger partial charge in [0.15, 0.2) is 0 Å². The van der Waals surface area contributed by atoms with Crippen LogP contribution in [0.3, 0.4) is 0 Å². The van der Waals surface area contributed by atoms with Gasteiger partial charge in [0, 0.05) is 16.7 Å². The molecule has 0 aliphatic carbocycles. The topological polar surface area (TPSA) is 84.2 Å². The average molecular weight is 370 g/mol. The number of nitrogens with one attached hydrogen (secondary N) is 2. The summed E-state index contributed by atoms with van der Waals surface area (Å²) < 4.78 is 0.886. The van der Waals surface area contributed by atoms with Crippen LogP contribution in [0, 0.1) is 12.3 Å². The van der Waals surface area contributed by atoms with Crippen LogP contribution < -0.4 is 16.4 Å². The molecule has 2 amide bonds. The van der Waals surface area contributed by atoms with E-state index in [9.17, 15) is 9.59 Å². The number of halogens is 1. The molecule has 1 aromatic rings. The molecule has 0 saturated heterocycles. The van der Waals surface area contributed by atoms with Gasteiger partial charge < -0.3 is 16.4 Å². The molecule has 0 radical (unpaired) electrons. The van der Waals surface area contributed by atoms with E-state index in [2.05, 4.69) is 26.6 Å². The zero-order valence-electron chi connectivity index (χ0n) is 13.3. The van der Waals surface area contributed by atoms with Gasteiger partial charge in [0.05, 0.1) is 12.0 Å². The van der Waals surface area contributed by atoms with E-state index in [1.54, 1.807) is 0 Å². The number of aryl methyl sites for hydroxylation is 1. The number of carbonyl (C=O) groups excluding carboxylic acids is 2. The number of hydrogen-bond donors (Lipinski definition) is 3. The second kappa shape index (κ2) is 8.29. The van der Waals surface area contributed by atoms with Crippen LogP contribution in [0.25, 0.3) is 0 Å². The number of hydrogen-bond acceptors (Lipinski definition) is 3. The molecule has 0 aliphatic heterocycles. The zero-order chi connectivity index (χ0) is 16.8. The van der Waals surface area contributed by atoms with Crippen LogP contribution in [-0.4, -0.2) is 24.9 Å². The first-order chi connectivity index (χ1) is 10.4. The average Bonchev–Trinajstić information content (AvgIpc) is 2.51. The highest BCUT2D eigenvalue weighted by Crippen LogP contribution is 2.25. The fraction of sp³-hybridized carbons (Fsp3) is 0.500. The van der Waals surface area contributed by atoms with E-state index in [1.807, 2.05) is 39.0 Å². The van der Waals surface area contributed by atoms with Gasteiger partial charge in [-0.3, -0.25) is 9.59 Å². The molecule has 0 saturated carbocycles. The van der Waals surface area contributed by atoms with Crippen molar-refractivity contribution in [2.24, 2.45) is 11.1 Å². The summed E-state index contributed by atoms with van der Waals surface area (Å²) in [6.45, 7) is 5.99. The number of benzene rings is 1. The van der Waals surface area contributed by atoms with Crippen LogP contribution >= 0.6 is 15.9 Å². The van der Waals surface area contributed by atoms with E-state index >= 15 is 0 Å². The summed E-state index contributed by atoms with van der Waals surface area (Å²) >= 11 is 3.37. The van der Waals surface area contributed by atoms with Crippen molar-refractivity contribution >= 4 is 33.4 Å². The molecule has 1 aromatic carbocycles. The smallest absolute Gasteiger partial charge is 0.243 e. The Morgan fingerprint density at radius 2 is 1.91 bits per heavy atom. The maximum atomic E-state index is 12.3. The maximum absolute atomic E-state index is 12.3. The van der Waals surface area contributed by atoms with E-state index < -0.39 is 5.41 Å². The molecule has 0 heterocycles. The van der Waals surface area contributed by atoms with Crippen molar-refractivity contribution in [1.82, 2.24) is 5.32 Å². The van der Waals surface area contributed by atoms with Crippen molar-refractivity contribution in [3.63, 3.8) is 0 Å². The highest BCUT2D eigenvalue weighted by atomic mass is 79.9. The molecule has 4 N–H and O–H groups in total. The second-order valence-electron chi connectivity index (χ2n) is 5.38. The van der Waals surface area contributed by atoms with Gasteiger partial charge in [-0.25, -0.2) is 0 Å². The summed E-state index contributed by atoms with van der Waals surface area (Å²) in [4.78, 5) is 24.3. The van der Waals surface area contributed by atoms with Crippen LogP contribution in [0.4, 0.5) is 5.69 Å². The fourth-order valence-electron chi connectivity index (χ4n) is 2.22. The lowest BCUT2D eigenvalue weighted by Crippen LogP contribution is -2.47. The molecule has 22 heavy (non-hydrogen) atoms. The molecule has 5 nitrogen and oxygen atoms in total. The van der Waals surface area contributed by atoms with E-state index in [-0.39, 0.29) is 24.9 Å². The van der Waals surface area contributed by atoms with Crippen LogP contribution in [0.15, 0.2) is 22.7 Å². The van der Waals surface area contributed by atoms with Gasteiger partial charge >= 0.3 is 0 Å². The molecule has 0 bridgehead atoms. The Kier molecular flexibility index (Phi) is 7.03. The fourth-order valence-corrected chi connectivity index (χ4v) is 2.58. The molecule has 122 valence electrons. The third-order valence-corrected chi connectivity index (χ3v) is 4.60. The Hall–Kier alpha value is -1.40. The van der Waals surface area contributed by atoms with Crippen LogP contribution in [-0.2, 0) is 9.59 Å². The molecule has 0 aromatic heterocycles. The number of carbonyl (C=O) groups is 2.